The molecular weight excluding hydrogens is 354 g/mol. The summed E-state index contributed by atoms with van der Waals surface area (Å²) in [5.74, 6) is 1.16. The van der Waals surface area contributed by atoms with E-state index < -0.39 is 0 Å². The Hall–Kier alpha value is -2.12. The summed E-state index contributed by atoms with van der Waals surface area (Å²) in [5, 5.41) is 9.59. The Morgan fingerprint density at radius 3 is 2.71 bits per heavy atom. The first kappa shape index (κ1) is 23.9. The van der Waals surface area contributed by atoms with Gasteiger partial charge in [-0.1, -0.05) is 26.0 Å². The number of hydrogen-bond acceptors (Lipinski definition) is 4. The molecule has 0 saturated heterocycles. The lowest BCUT2D eigenvalue weighted by Crippen LogP contribution is -2.40. The summed E-state index contributed by atoms with van der Waals surface area (Å²) in [6.07, 6.45) is 1.56. The summed E-state index contributed by atoms with van der Waals surface area (Å²) in [4.78, 5) is 18.5. The highest BCUT2D eigenvalue weighted by molar-refractivity contribution is 5.90. The van der Waals surface area contributed by atoms with Crippen molar-refractivity contribution in [3.05, 3.63) is 29.8 Å². The van der Waals surface area contributed by atoms with Crippen LogP contribution in [-0.2, 0) is 16.1 Å². The van der Waals surface area contributed by atoms with Crippen molar-refractivity contribution in [1.82, 2.24) is 15.5 Å². The molecule has 1 aromatic carbocycles. The van der Waals surface area contributed by atoms with E-state index in [1.165, 1.54) is 0 Å². The van der Waals surface area contributed by atoms with Crippen molar-refractivity contribution in [3.63, 3.8) is 0 Å². The predicted octanol–water partition coefficient (Wildman–Crippen LogP) is 2.30. The zero-order valence-electron chi connectivity index (χ0n) is 18.0. The highest BCUT2D eigenvalue weighted by Gasteiger charge is 2.06. The maximum Gasteiger partial charge on any atom is 0.224 e. The van der Waals surface area contributed by atoms with Gasteiger partial charge in [-0.05, 0) is 37.1 Å². The molecule has 0 aromatic heterocycles. The second kappa shape index (κ2) is 14.0. The standard InChI is InChI=1S/C21H37N5O2/c1-17(2)14-20(27)25-19-9-6-8-18(15-19)16-24-21(22-3)23-10-12-26(4)11-7-13-28-5/h6,8-9,15,17H,7,10-14,16H2,1-5H3,(H,25,27)(H2,22,23,24). The number of benzene rings is 1. The van der Waals surface area contributed by atoms with Crippen LogP contribution in [0.1, 0.15) is 32.3 Å². The number of hydrogen-bond donors (Lipinski definition) is 3. The summed E-state index contributed by atoms with van der Waals surface area (Å²) >= 11 is 0. The number of methoxy groups -OCH3 is 1. The highest BCUT2D eigenvalue weighted by atomic mass is 16.5. The fourth-order valence-corrected chi connectivity index (χ4v) is 2.70. The molecule has 0 saturated carbocycles. The normalized spacial score (nSPS) is 11.8. The van der Waals surface area contributed by atoms with Gasteiger partial charge in [-0.15, -0.1) is 0 Å². The van der Waals surface area contributed by atoms with E-state index in [2.05, 4.69) is 32.9 Å². The van der Waals surface area contributed by atoms with E-state index in [4.69, 9.17) is 4.74 Å². The first-order valence-corrected chi connectivity index (χ1v) is 9.95. The number of carbonyl (C=O) groups excluding carboxylic acids is 1. The molecule has 28 heavy (non-hydrogen) atoms. The molecule has 0 heterocycles. The zero-order valence-corrected chi connectivity index (χ0v) is 18.0. The third kappa shape index (κ3) is 10.9. The van der Waals surface area contributed by atoms with Gasteiger partial charge in [0.05, 0.1) is 0 Å². The Labute approximate surface area is 169 Å². The van der Waals surface area contributed by atoms with Gasteiger partial charge in [0.1, 0.15) is 0 Å². The maximum absolute atomic E-state index is 11.9. The van der Waals surface area contributed by atoms with Crippen molar-refractivity contribution in [2.24, 2.45) is 10.9 Å². The van der Waals surface area contributed by atoms with E-state index in [0.29, 0.717) is 18.9 Å². The van der Waals surface area contributed by atoms with Crippen LogP contribution in [0.15, 0.2) is 29.3 Å². The van der Waals surface area contributed by atoms with Crippen LogP contribution in [0.3, 0.4) is 0 Å². The molecule has 0 unspecified atom stereocenters. The minimum atomic E-state index is 0.0483. The molecule has 7 nitrogen and oxygen atoms in total. The molecule has 1 rings (SSSR count). The molecule has 1 aromatic rings. The number of nitrogens with zero attached hydrogens (tertiary/aromatic N) is 2. The van der Waals surface area contributed by atoms with Gasteiger partial charge in [0.2, 0.25) is 5.91 Å². The SMILES string of the molecule is CN=C(NCCN(C)CCCOC)NCc1cccc(NC(=O)CC(C)C)c1. The molecule has 0 atom stereocenters. The molecule has 0 fully saturated rings. The molecule has 0 aliphatic rings. The van der Waals surface area contributed by atoms with Crippen LogP contribution in [0.25, 0.3) is 0 Å². The number of ether oxygens (including phenoxy) is 1. The summed E-state index contributed by atoms with van der Waals surface area (Å²) in [6.45, 7) is 8.26. The van der Waals surface area contributed by atoms with Crippen LogP contribution < -0.4 is 16.0 Å². The van der Waals surface area contributed by atoms with Gasteiger partial charge < -0.3 is 25.6 Å². The van der Waals surface area contributed by atoms with Gasteiger partial charge in [-0.25, -0.2) is 0 Å². The largest absolute Gasteiger partial charge is 0.385 e. The molecule has 0 spiro atoms. The number of rotatable bonds is 12. The number of guanidine groups is 1. The predicted molar refractivity (Wildman–Crippen MR) is 117 cm³/mol. The van der Waals surface area contributed by atoms with Crippen LogP contribution in [0, 0.1) is 5.92 Å². The number of amides is 1. The Bertz CT molecular complexity index is 604. The van der Waals surface area contributed by atoms with Crippen LogP contribution >= 0.6 is 0 Å². The van der Waals surface area contributed by atoms with Gasteiger partial charge >= 0.3 is 0 Å². The zero-order chi connectivity index (χ0) is 20.8. The van der Waals surface area contributed by atoms with Crippen molar-refractivity contribution in [1.29, 1.82) is 0 Å². The van der Waals surface area contributed by atoms with Gasteiger partial charge in [0.15, 0.2) is 5.96 Å². The first-order valence-electron chi connectivity index (χ1n) is 9.95. The molecule has 3 N–H and O–H groups in total. The van der Waals surface area contributed by atoms with E-state index in [9.17, 15) is 4.79 Å². The van der Waals surface area contributed by atoms with E-state index in [1.54, 1.807) is 14.2 Å². The molecule has 0 aliphatic carbocycles. The fraction of sp³-hybridized carbons (Fsp3) is 0.619. The van der Waals surface area contributed by atoms with E-state index in [0.717, 1.165) is 49.9 Å². The number of aliphatic imine (C=N–C) groups is 1. The summed E-state index contributed by atoms with van der Waals surface area (Å²) in [7, 11) is 5.60. The second-order valence-electron chi connectivity index (χ2n) is 7.35. The highest BCUT2D eigenvalue weighted by Crippen LogP contribution is 2.12. The third-order valence-corrected chi connectivity index (χ3v) is 4.16. The number of likely N-dealkylation sites (N-methyl/N-ethyl adjacent to an activating group) is 1. The summed E-state index contributed by atoms with van der Waals surface area (Å²) in [6, 6.07) is 7.88. The lowest BCUT2D eigenvalue weighted by Gasteiger charge is -2.18. The Balaban J connectivity index is 2.38. The lowest BCUT2D eigenvalue weighted by molar-refractivity contribution is -0.116. The van der Waals surface area contributed by atoms with E-state index >= 15 is 0 Å². The van der Waals surface area contributed by atoms with Crippen LogP contribution in [-0.4, -0.2) is 64.2 Å². The third-order valence-electron chi connectivity index (χ3n) is 4.16. The van der Waals surface area contributed by atoms with Gasteiger partial charge in [-0.3, -0.25) is 9.79 Å². The van der Waals surface area contributed by atoms with Crippen LogP contribution in [0.2, 0.25) is 0 Å². The Morgan fingerprint density at radius 1 is 1.25 bits per heavy atom. The average Bonchev–Trinajstić information content (AvgIpc) is 2.64. The van der Waals surface area contributed by atoms with Crippen molar-refractivity contribution in [3.8, 4) is 0 Å². The molecule has 7 heteroatoms. The maximum atomic E-state index is 11.9. The topological polar surface area (TPSA) is 78.0 Å². The average molecular weight is 392 g/mol. The van der Waals surface area contributed by atoms with Crippen molar-refractivity contribution >= 4 is 17.6 Å². The quantitative estimate of drug-likeness (QED) is 0.290. The molecule has 0 aliphatic heterocycles. The lowest BCUT2D eigenvalue weighted by atomic mass is 10.1. The van der Waals surface area contributed by atoms with Gasteiger partial charge in [0.25, 0.3) is 0 Å². The molecular formula is C21H37N5O2. The molecule has 0 radical (unpaired) electrons. The molecule has 0 bridgehead atoms. The van der Waals surface area contributed by atoms with Crippen molar-refractivity contribution in [2.75, 3.05) is 52.8 Å². The second-order valence-corrected chi connectivity index (χ2v) is 7.35. The van der Waals surface area contributed by atoms with Crippen LogP contribution in [0.4, 0.5) is 5.69 Å². The first-order chi connectivity index (χ1) is 13.4. The minimum absolute atomic E-state index is 0.0483. The summed E-state index contributed by atoms with van der Waals surface area (Å²) < 4.78 is 5.08. The van der Waals surface area contributed by atoms with Gasteiger partial charge in [0, 0.05) is 59.1 Å². The fourth-order valence-electron chi connectivity index (χ4n) is 2.70. The van der Waals surface area contributed by atoms with Crippen molar-refractivity contribution in [2.45, 2.75) is 33.2 Å². The van der Waals surface area contributed by atoms with Crippen LogP contribution in [0.5, 0.6) is 0 Å². The Kier molecular flexibility index (Phi) is 11.9. The number of nitrogens with one attached hydrogen (secondary N) is 3. The number of anilines is 1. The van der Waals surface area contributed by atoms with Crippen molar-refractivity contribution < 1.29 is 9.53 Å². The minimum Gasteiger partial charge on any atom is -0.385 e. The van der Waals surface area contributed by atoms with E-state index in [-0.39, 0.29) is 5.91 Å². The smallest absolute Gasteiger partial charge is 0.224 e. The summed E-state index contributed by atoms with van der Waals surface area (Å²) in [5.41, 5.74) is 1.91. The van der Waals surface area contributed by atoms with E-state index in [1.807, 2.05) is 38.1 Å². The Morgan fingerprint density at radius 2 is 2.04 bits per heavy atom. The molecule has 1 amide bonds. The monoisotopic (exact) mass is 391 g/mol. The molecule has 158 valence electrons. The number of carbonyl (C=O) groups is 1. The van der Waals surface area contributed by atoms with Gasteiger partial charge in [-0.2, -0.15) is 0 Å².